The van der Waals surface area contributed by atoms with Crippen LogP contribution >= 0.6 is 0 Å². The molecule has 2 N–H and O–H groups in total. The van der Waals surface area contributed by atoms with E-state index in [1.54, 1.807) is 0 Å². The van der Waals surface area contributed by atoms with Crippen LogP contribution in [0, 0.1) is 0 Å². The average molecular weight is 100.0 g/mol. The smallest absolute Gasteiger partial charge is 0.182 e. The van der Waals surface area contributed by atoms with Crippen molar-refractivity contribution < 1.29 is 0 Å². The third kappa shape index (κ3) is 3.82. The second kappa shape index (κ2) is 4.15. The van der Waals surface area contributed by atoms with Crippen LogP contribution in [0.2, 0.25) is 0 Å². The van der Waals surface area contributed by atoms with Gasteiger partial charge in [-0.1, -0.05) is 0 Å². The van der Waals surface area contributed by atoms with Crippen LogP contribution in [0.5, 0.6) is 0 Å². The number of likely N-dealkylation sites (N-methyl/N-ethyl adjacent to an activating group) is 1. The quantitative estimate of drug-likeness (QED) is 0.432. The topological polar surface area (TPSA) is 24.1 Å². The Morgan fingerprint density at radius 2 is 2.29 bits per heavy atom. The third-order valence-corrected chi connectivity index (χ3v) is 1.00. The molecule has 0 bridgehead atoms. The van der Waals surface area contributed by atoms with Crippen molar-refractivity contribution in [1.29, 1.82) is 0 Å². The minimum Gasteiger partial charge on any atom is -0.361 e. The lowest BCUT2D eigenvalue weighted by Crippen LogP contribution is -2.32. The predicted molar refractivity (Wildman–Crippen MR) is 35.1 cm³/mol. The lowest BCUT2D eigenvalue weighted by molar-refractivity contribution is 0.602. The molecule has 0 aromatic rings. The summed E-state index contributed by atoms with van der Waals surface area (Å²) >= 11 is 0. The molecule has 0 aromatic heterocycles. The van der Waals surface area contributed by atoms with Crippen LogP contribution in [0.4, 0.5) is 0 Å². The van der Waals surface area contributed by atoms with Crippen LogP contribution < -0.4 is 10.5 Å². The van der Waals surface area contributed by atoms with Crippen LogP contribution in [-0.4, -0.2) is 27.6 Å². The van der Waals surface area contributed by atoms with Crippen LogP contribution in [0.1, 0.15) is 6.92 Å². The van der Waals surface area contributed by atoms with E-state index in [1.807, 2.05) is 15.0 Å². The zero-order valence-corrected chi connectivity index (χ0v) is 5.28. The monoisotopic (exact) mass is 100 g/mol. The first-order valence-corrected chi connectivity index (χ1v) is 2.63. The highest BCUT2D eigenvalue weighted by Gasteiger charge is 1.90. The molecule has 42 valence electrons. The third-order valence-electron chi connectivity index (χ3n) is 1.00. The Morgan fingerprint density at radius 1 is 1.71 bits per heavy atom. The number of rotatable bonds is 3. The molecule has 0 fully saturated rings. The van der Waals surface area contributed by atoms with Gasteiger partial charge in [0, 0.05) is 6.04 Å². The van der Waals surface area contributed by atoms with Gasteiger partial charge in [-0.15, -0.1) is 0 Å². The standard InChI is InChI=1S/C4H13BN2/c1-4(6-2)3-7-5/h4,6-7H,3,5H2,1-2H3. The number of hydrogen-bond donors (Lipinski definition) is 2. The molecule has 1 unspecified atom stereocenters. The summed E-state index contributed by atoms with van der Waals surface area (Å²) in [5.74, 6) is 0. The van der Waals surface area contributed by atoms with E-state index in [2.05, 4.69) is 17.5 Å². The van der Waals surface area contributed by atoms with Crippen LogP contribution in [0.3, 0.4) is 0 Å². The molecule has 0 saturated carbocycles. The van der Waals surface area contributed by atoms with Gasteiger partial charge in [0.15, 0.2) is 7.98 Å². The van der Waals surface area contributed by atoms with E-state index in [9.17, 15) is 0 Å². The van der Waals surface area contributed by atoms with Crippen LogP contribution in [0.25, 0.3) is 0 Å². The molecule has 0 aliphatic rings. The van der Waals surface area contributed by atoms with Crippen LogP contribution in [0.15, 0.2) is 0 Å². The van der Waals surface area contributed by atoms with Gasteiger partial charge in [-0.25, -0.2) is 0 Å². The Balaban J connectivity index is 2.83. The summed E-state index contributed by atoms with van der Waals surface area (Å²) in [6.07, 6.45) is 0. The molecular formula is C4H13BN2. The fourth-order valence-electron chi connectivity index (χ4n) is 0.408. The van der Waals surface area contributed by atoms with Crippen LogP contribution in [-0.2, 0) is 0 Å². The van der Waals surface area contributed by atoms with Crippen molar-refractivity contribution in [3.05, 3.63) is 0 Å². The fourth-order valence-corrected chi connectivity index (χ4v) is 0.408. The largest absolute Gasteiger partial charge is 0.361 e. The first kappa shape index (κ1) is 6.98. The molecule has 3 heteroatoms. The molecule has 1 atom stereocenters. The molecule has 0 rings (SSSR count). The zero-order valence-electron chi connectivity index (χ0n) is 5.28. The maximum absolute atomic E-state index is 3.10. The Bertz CT molecular complexity index is 40.7. The second-order valence-electron chi connectivity index (χ2n) is 1.75. The normalized spacial score (nSPS) is 14.0. The van der Waals surface area contributed by atoms with E-state index in [1.165, 1.54) is 0 Å². The molecule has 2 nitrogen and oxygen atoms in total. The molecule has 0 radical (unpaired) electrons. The molecule has 0 aromatic carbocycles. The Kier molecular flexibility index (Phi) is 4.14. The summed E-state index contributed by atoms with van der Waals surface area (Å²) in [7, 11) is 3.91. The van der Waals surface area contributed by atoms with E-state index in [-0.39, 0.29) is 0 Å². The molecule has 0 saturated heterocycles. The summed E-state index contributed by atoms with van der Waals surface area (Å²) in [5.41, 5.74) is 0. The van der Waals surface area contributed by atoms with E-state index in [4.69, 9.17) is 0 Å². The second-order valence-corrected chi connectivity index (χ2v) is 1.75. The molecular weight excluding hydrogens is 86.9 g/mol. The SMILES string of the molecule is BNCC(C)NC. The molecule has 7 heavy (non-hydrogen) atoms. The summed E-state index contributed by atoms with van der Waals surface area (Å²) in [4.78, 5) is 0. The number of nitrogens with one attached hydrogen (secondary N) is 2. The van der Waals surface area contributed by atoms with Crippen molar-refractivity contribution in [2.45, 2.75) is 13.0 Å². The molecule has 0 aliphatic carbocycles. The summed E-state index contributed by atoms with van der Waals surface area (Å²) in [6.45, 7) is 3.17. The Labute approximate surface area is 46.1 Å². The van der Waals surface area contributed by atoms with Gasteiger partial charge in [0.25, 0.3) is 0 Å². The van der Waals surface area contributed by atoms with Crippen molar-refractivity contribution in [2.24, 2.45) is 0 Å². The average Bonchev–Trinajstić information content (AvgIpc) is 1.68. The predicted octanol–water partition coefficient (Wildman–Crippen LogP) is -1.27. The van der Waals surface area contributed by atoms with E-state index >= 15 is 0 Å². The van der Waals surface area contributed by atoms with Gasteiger partial charge in [-0.05, 0) is 20.5 Å². The van der Waals surface area contributed by atoms with Gasteiger partial charge in [-0.2, -0.15) is 0 Å². The van der Waals surface area contributed by atoms with Gasteiger partial charge in [0.05, 0.1) is 0 Å². The number of hydrogen-bond acceptors (Lipinski definition) is 2. The highest BCUT2D eigenvalue weighted by Crippen LogP contribution is 1.70. The van der Waals surface area contributed by atoms with Gasteiger partial charge in [0.2, 0.25) is 0 Å². The zero-order chi connectivity index (χ0) is 5.70. The van der Waals surface area contributed by atoms with Crippen molar-refractivity contribution in [3.8, 4) is 0 Å². The van der Waals surface area contributed by atoms with E-state index < -0.39 is 0 Å². The van der Waals surface area contributed by atoms with Gasteiger partial charge >= 0.3 is 0 Å². The van der Waals surface area contributed by atoms with Crippen molar-refractivity contribution in [2.75, 3.05) is 13.6 Å². The maximum Gasteiger partial charge on any atom is 0.182 e. The Morgan fingerprint density at radius 3 is 2.43 bits per heavy atom. The first-order chi connectivity index (χ1) is 3.31. The van der Waals surface area contributed by atoms with Crippen molar-refractivity contribution in [3.63, 3.8) is 0 Å². The van der Waals surface area contributed by atoms with E-state index in [0.29, 0.717) is 6.04 Å². The molecule has 0 aliphatic heterocycles. The minimum atomic E-state index is 0.588. The van der Waals surface area contributed by atoms with Gasteiger partial charge < -0.3 is 10.5 Å². The molecule has 0 amide bonds. The molecule has 0 spiro atoms. The summed E-state index contributed by atoms with van der Waals surface area (Å²) in [6, 6.07) is 0.588. The first-order valence-electron chi connectivity index (χ1n) is 2.63. The lowest BCUT2D eigenvalue weighted by atomic mass is 10.3. The van der Waals surface area contributed by atoms with Crippen molar-refractivity contribution >= 4 is 7.98 Å². The lowest BCUT2D eigenvalue weighted by Gasteiger charge is -2.06. The maximum atomic E-state index is 3.10. The summed E-state index contributed by atoms with van der Waals surface area (Å²) in [5, 5.41) is 6.16. The highest BCUT2D eigenvalue weighted by atomic mass is 14.9. The van der Waals surface area contributed by atoms with E-state index in [0.717, 1.165) is 6.54 Å². The highest BCUT2D eigenvalue weighted by molar-refractivity contribution is 6.04. The Hall–Kier alpha value is -0.0151. The molecule has 0 heterocycles. The summed E-state index contributed by atoms with van der Waals surface area (Å²) < 4.78 is 0. The van der Waals surface area contributed by atoms with Gasteiger partial charge in [-0.3, -0.25) is 0 Å². The fraction of sp³-hybridized carbons (Fsp3) is 1.00. The van der Waals surface area contributed by atoms with Crippen molar-refractivity contribution in [1.82, 2.24) is 10.5 Å². The van der Waals surface area contributed by atoms with Gasteiger partial charge in [0.1, 0.15) is 0 Å². The minimum absolute atomic E-state index is 0.588.